The zero-order valence-corrected chi connectivity index (χ0v) is 12.0. The Kier molecular flexibility index (Phi) is 5.14. The minimum atomic E-state index is -0.600. The topological polar surface area (TPSA) is 38.7 Å². The molecule has 1 aliphatic rings. The summed E-state index contributed by atoms with van der Waals surface area (Å²) < 4.78 is 11.2. The number of allylic oxidation sites excluding steroid dienone is 2. The van der Waals surface area contributed by atoms with E-state index in [2.05, 4.69) is 12.7 Å². The smallest absolute Gasteiger partial charge is 0.163 e. The number of hydrogen-bond donors (Lipinski definition) is 1. The van der Waals surface area contributed by atoms with Gasteiger partial charge in [-0.25, -0.2) is 0 Å². The van der Waals surface area contributed by atoms with Crippen LogP contribution >= 0.6 is 0 Å². The number of ether oxygens (including phenoxy) is 2. The second-order valence-corrected chi connectivity index (χ2v) is 5.63. The summed E-state index contributed by atoms with van der Waals surface area (Å²) >= 11 is 0. The van der Waals surface area contributed by atoms with Crippen LogP contribution in [0.2, 0.25) is 0 Å². The molecule has 0 unspecified atom stereocenters. The summed E-state index contributed by atoms with van der Waals surface area (Å²) in [7, 11) is 0. The van der Waals surface area contributed by atoms with Crippen molar-refractivity contribution in [2.45, 2.75) is 58.5 Å². The minimum Gasteiger partial charge on any atom is -0.389 e. The summed E-state index contributed by atoms with van der Waals surface area (Å²) in [6.45, 7) is 12.0. The van der Waals surface area contributed by atoms with Crippen LogP contribution in [0.25, 0.3) is 0 Å². The molecule has 3 nitrogen and oxygen atoms in total. The van der Waals surface area contributed by atoms with Crippen molar-refractivity contribution in [3.05, 3.63) is 24.8 Å². The van der Waals surface area contributed by atoms with E-state index in [0.29, 0.717) is 6.61 Å². The van der Waals surface area contributed by atoms with Crippen molar-refractivity contribution in [2.75, 3.05) is 6.61 Å². The molecule has 1 rings (SSSR count). The summed E-state index contributed by atoms with van der Waals surface area (Å²) in [6.07, 6.45) is 6.85. The van der Waals surface area contributed by atoms with Crippen LogP contribution < -0.4 is 0 Å². The summed E-state index contributed by atoms with van der Waals surface area (Å²) in [5.41, 5.74) is -0.353. The highest BCUT2D eigenvalue weighted by molar-refractivity contribution is 5.01. The monoisotopic (exact) mass is 254 g/mol. The lowest BCUT2D eigenvalue weighted by Gasteiger charge is -2.34. The van der Waals surface area contributed by atoms with Crippen molar-refractivity contribution in [1.82, 2.24) is 0 Å². The first-order chi connectivity index (χ1) is 8.34. The van der Waals surface area contributed by atoms with E-state index < -0.39 is 11.9 Å². The Morgan fingerprint density at radius 2 is 2.22 bits per heavy atom. The van der Waals surface area contributed by atoms with Crippen molar-refractivity contribution in [1.29, 1.82) is 0 Å². The zero-order chi connectivity index (χ0) is 13.8. The molecular weight excluding hydrogens is 228 g/mol. The lowest BCUT2D eigenvalue weighted by molar-refractivity contribution is -0.159. The minimum absolute atomic E-state index is 0.284. The lowest BCUT2D eigenvalue weighted by atomic mass is 9.77. The Hall–Kier alpha value is -0.640. The third-order valence-corrected chi connectivity index (χ3v) is 3.61. The second-order valence-electron chi connectivity index (χ2n) is 5.63. The number of aliphatic hydroxyl groups is 1. The van der Waals surface area contributed by atoms with Crippen LogP contribution in [-0.4, -0.2) is 29.7 Å². The average molecular weight is 254 g/mol. The normalized spacial score (nSPS) is 28.2. The largest absolute Gasteiger partial charge is 0.389 e. The first kappa shape index (κ1) is 15.4. The zero-order valence-electron chi connectivity index (χ0n) is 12.0. The van der Waals surface area contributed by atoms with Crippen LogP contribution in [0.5, 0.6) is 0 Å². The van der Waals surface area contributed by atoms with Gasteiger partial charge >= 0.3 is 0 Å². The molecule has 3 heteroatoms. The van der Waals surface area contributed by atoms with E-state index in [1.807, 2.05) is 39.8 Å². The molecule has 18 heavy (non-hydrogen) atoms. The molecule has 1 aliphatic heterocycles. The van der Waals surface area contributed by atoms with Gasteiger partial charge in [0, 0.05) is 5.41 Å². The molecule has 0 bridgehead atoms. The van der Waals surface area contributed by atoms with E-state index in [1.165, 1.54) is 0 Å². The maximum Gasteiger partial charge on any atom is 0.163 e. The number of rotatable bonds is 6. The molecular formula is C15H26O3. The van der Waals surface area contributed by atoms with Gasteiger partial charge in [-0.3, -0.25) is 0 Å². The lowest BCUT2D eigenvalue weighted by Crippen LogP contribution is -2.42. The van der Waals surface area contributed by atoms with Crippen LogP contribution in [0, 0.1) is 5.41 Å². The Morgan fingerprint density at radius 3 is 2.67 bits per heavy atom. The third kappa shape index (κ3) is 3.67. The van der Waals surface area contributed by atoms with Gasteiger partial charge in [0.1, 0.15) is 6.10 Å². The SMILES string of the molecule is C=C[C@@](C)(CC/C=C/C)[C@@H](O)[C@H]1COC(C)(C)O1. The first-order valence-corrected chi connectivity index (χ1v) is 6.59. The number of aliphatic hydroxyl groups excluding tert-OH is 1. The predicted octanol–water partition coefficient (Wildman–Crippen LogP) is 3.05. The summed E-state index contributed by atoms with van der Waals surface area (Å²) in [4.78, 5) is 0. The van der Waals surface area contributed by atoms with E-state index >= 15 is 0 Å². The van der Waals surface area contributed by atoms with Gasteiger partial charge in [0.15, 0.2) is 5.79 Å². The van der Waals surface area contributed by atoms with E-state index in [1.54, 1.807) is 0 Å². The van der Waals surface area contributed by atoms with Crippen molar-refractivity contribution < 1.29 is 14.6 Å². The fourth-order valence-corrected chi connectivity index (χ4v) is 2.23. The Balaban J connectivity index is 2.66. The molecule has 0 aliphatic carbocycles. The van der Waals surface area contributed by atoms with Crippen molar-refractivity contribution in [3.63, 3.8) is 0 Å². The van der Waals surface area contributed by atoms with Crippen LogP contribution in [0.15, 0.2) is 24.8 Å². The molecule has 1 N–H and O–H groups in total. The van der Waals surface area contributed by atoms with Gasteiger partial charge in [-0.15, -0.1) is 6.58 Å². The number of hydrogen-bond acceptors (Lipinski definition) is 3. The molecule has 0 aromatic heterocycles. The molecule has 1 heterocycles. The van der Waals surface area contributed by atoms with Gasteiger partial charge in [-0.05, 0) is 33.6 Å². The average Bonchev–Trinajstić information content (AvgIpc) is 2.68. The van der Waals surface area contributed by atoms with Crippen LogP contribution in [-0.2, 0) is 9.47 Å². The summed E-state index contributed by atoms with van der Waals surface area (Å²) in [5, 5.41) is 10.5. The second kappa shape index (κ2) is 6.00. The van der Waals surface area contributed by atoms with E-state index in [4.69, 9.17) is 9.47 Å². The van der Waals surface area contributed by atoms with Gasteiger partial charge in [-0.1, -0.05) is 25.2 Å². The Morgan fingerprint density at radius 1 is 1.56 bits per heavy atom. The molecule has 1 fully saturated rings. The van der Waals surface area contributed by atoms with Crippen LogP contribution in [0.4, 0.5) is 0 Å². The standard InChI is InChI=1S/C15H26O3/c1-6-8-9-10-15(5,7-2)13(16)12-11-17-14(3,4)18-12/h6-8,12-13,16H,2,9-11H2,1,3-5H3/b8-6+/t12-,13+,15+/m1/s1. The molecule has 3 atom stereocenters. The molecule has 0 radical (unpaired) electrons. The van der Waals surface area contributed by atoms with Gasteiger partial charge in [-0.2, -0.15) is 0 Å². The van der Waals surface area contributed by atoms with Gasteiger partial charge < -0.3 is 14.6 Å². The molecule has 0 saturated carbocycles. The van der Waals surface area contributed by atoms with E-state index in [9.17, 15) is 5.11 Å². The van der Waals surface area contributed by atoms with Gasteiger partial charge in [0.05, 0.1) is 12.7 Å². The molecule has 0 aromatic rings. The fraction of sp³-hybridized carbons (Fsp3) is 0.733. The quantitative estimate of drug-likeness (QED) is 0.740. The molecule has 1 saturated heterocycles. The summed E-state index contributed by atoms with van der Waals surface area (Å²) in [5.74, 6) is -0.600. The highest BCUT2D eigenvalue weighted by Crippen LogP contribution is 2.36. The van der Waals surface area contributed by atoms with Gasteiger partial charge in [0.2, 0.25) is 0 Å². The maximum absolute atomic E-state index is 10.5. The van der Waals surface area contributed by atoms with Gasteiger partial charge in [0.25, 0.3) is 0 Å². The van der Waals surface area contributed by atoms with E-state index in [-0.39, 0.29) is 11.5 Å². The molecule has 104 valence electrons. The fourth-order valence-electron chi connectivity index (χ4n) is 2.23. The molecule has 0 spiro atoms. The maximum atomic E-state index is 10.5. The molecule has 0 aromatic carbocycles. The van der Waals surface area contributed by atoms with E-state index in [0.717, 1.165) is 12.8 Å². The van der Waals surface area contributed by atoms with Crippen LogP contribution in [0.1, 0.15) is 40.5 Å². The van der Waals surface area contributed by atoms with Crippen molar-refractivity contribution in [3.8, 4) is 0 Å². The first-order valence-electron chi connectivity index (χ1n) is 6.59. The highest BCUT2D eigenvalue weighted by atomic mass is 16.7. The summed E-state index contributed by atoms with van der Waals surface area (Å²) in [6, 6.07) is 0. The Labute approximate surface area is 110 Å². The van der Waals surface area contributed by atoms with Crippen molar-refractivity contribution in [2.24, 2.45) is 5.41 Å². The van der Waals surface area contributed by atoms with Crippen molar-refractivity contribution >= 4 is 0 Å². The Bertz CT molecular complexity index is 309. The highest BCUT2D eigenvalue weighted by Gasteiger charge is 2.43. The third-order valence-electron chi connectivity index (χ3n) is 3.61. The molecule has 0 amide bonds. The predicted molar refractivity (Wildman–Crippen MR) is 73.3 cm³/mol. The van der Waals surface area contributed by atoms with Crippen LogP contribution in [0.3, 0.4) is 0 Å².